The van der Waals surface area contributed by atoms with E-state index >= 15 is 0 Å². The molecule has 0 radical (unpaired) electrons. The highest BCUT2D eigenvalue weighted by Crippen LogP contribution is 2.25. The van der Waals surface area contributed by atoms with Crippen LogP contribution in [0.15, 0.2) is 58.7 Å². The highest BCUT2D eigenvalue weighted by Gasteiger charge is 2.18. The number of aromatic nitrogens is 3. The van der Waals surface area contributed by atoms with Crippen LogP contribution >= 0.6 is 11.3 Å². The average molecular weight is 437 g/mol. The van der Waals surface area contributed by atoms with Crippen molar-refractivity contribution in [3.8, 4) is 11.3 Å². The van der Waals surface area contributed by atoms with Crippen LogP contribution in [0.4, 0.5) is 9.52 Å². The highest BCUT2D eigenvalue weighted by atomic mass is 32.1. The normalized spacial score (nSPS) is 11.0. The van der Waals surface area contributed by atoms with Crippen molar-refractivity contribution < 1.29 is 9.18 Å². The molecule has 0 saturated carbocycles. The molecular formula is C23H21FN4O2S. The predicted molar refractivity (Wildman–Crippen MR) is 121 cm³/mol. The fourth-order valence-electron chi connectivity index (χ4n) is 3.31. The molecule has 4 aromatic rings. The number of carbonyl (C=O) groups is 1. The summed E-state index contributed by atoms with van der Waals surface area (Å²) >= 11 is 1.27. The second-order valence-electron chi connectivity index (χ2n) is 7.13. The van der Waals surface area contributed by atoms with Crippen LogP contribution in [0.3, 0.4) is 0 Å². The summed E-state index contributed by atoms with van der Waals surface area (Å²) < 4.78 is 14.5. The van der Waals surface area contributed by atoms with Crippen LogP contribution in [0.25, 0.3) is 22.0 Å². The van der Waals surface area contributed by atoms with E-state index in [1.807, 2.05) is 0 Å². The molecule has 0 aliphatic carbocycles. The summed E-state index contributed by atoms with van der Waals surface area (Å²) in [5, 5.41) is 10.3. The monoisotopic (exact) mass is 436 g/mol. The fraction of sp³-hybridized carbons (Fsp3) is 0.217. The lowest BCUT2D eigenvalue weighted by Gasteiger charge is -2.10. The second kappa shape index (κ2) is 9.18. The molecule has 8 heteroatoms. The van der Waals surface area contributed by atoms with E-state index in [0.717, 1.165) is 24.8 Å². The Hall–Kier alpha value is -3.39. The van der Waals surface area contributed by atoms with Crippen LogP contribution in [0.5, 0.6) is 0 Å². The molecule has 0 aliphatic rings. The van der Waals surface area contributed by atoms with E-state index in [1.54, 1.807) is 41.8 Å². The Morgan fingerprint density at radius 2 is 1.84 bits per heavy atom. The van der Waals surface area contributed by atoms with Gasteiger partial charge in [-0.25, -0.2) is 14.1 Å². The van der Waals surface area contributed by atoms with E-state index in [1.165, 1.54) is 28.2 Å². The highest BCUT2D eigenvalue weighted by molar-refractivity contribution is 7.14. The minimum absolute atomic E-state index is 0.185. The second-order valence-corrected chi connectivity index (χ2v) is 7.99. The van der Waals surface area contributed by atoms with Gasteiger partial charge in [0.2, 0.25) is 0 Å². The summed E-state index contributed by atoms with van der Waals surface area (Å²) in [5.41, 5.74) is 1.38. The molecule has 1 amide bonds. The number of unbranched alkanes of at least 4 members (excludes halogenated alkanes) is 2. The Morgan fingerprint density at radius 1 is 1.10 bits per heavy atom. The minimum atomic E-state index is -0.430. The van der Waals surface area contributed by atoms with E-state index < -0.39 is 5.91 Å². The topological polar surface area (TPSA) is 76.9 Å². The fourth-order valence-corrected chi connectivity index (χ4v) is 4.02. The van der Waals surface area contributed by atoms with Gasteiger partial charge in [0.25, 0.3) is 11.5 Å². The molecular weight excluding hydrogens is 415 g/mol. The molecule has 1 N–H and O–H groups in total. The number of benzene rings is 2. The molecule has 0 aliphatic heterocycles. The molecule has 158 valence electrons. The molecule has 2 aromatic carbocycles. The summed E-state index contributed by atoms with van der Waals surface area (Å²) in [7, 11) is 0. The number of nitrogens with one attached hydrogen (secondary N) is 1. The number of hydrogen-bond donors (Lipinski definition) is 1. The van der Waals surface area contributed by atoms with E-state index in [2.05, 4.69) is 22.3 Å². The first-order valence-electron chi connectivity index (χ1n) is 10.1. The molecule has 4 rings (SSSR count). The zero-order valence-corrected chi connectivity index (χ0v) is 17.8. The third-order valence-corrected chi connectivity index (χ3v) is 5.68. The Morgan fingerprint density at radius 3 is 2.58 bits per heavy atom. The number of hydrogen-bond acceptors (Lipinski definition) is 5. The van der Waals surface area contributed by atoms with Gasteiger partial charge < -0.3 is 0 Å². The van der Waals surface area contributed by atoms with Gasteiger partial charge in [0.05, 0.1) is 11.1 Å². The van der Waals surface area contributed by atoms with Crippen molar-refractivity contribution >= 4 is 33.1 Å². The third-order valence-electron chi connectivity index (χ3n) is 4.92. The molecule has 31 heavy (non-hydrogen) atoms. The van der Waals surface area contributed by atoms with Crippen molar-refractivity contribution in [2.75, 3.05) is 5.32 Å². The quantitative estimate of drug-likeness (QED) is 0.409. The molecule has 0 spiro atoms. The van der Waals surface area contributed by atoms with Gasteiger partial charge >= 0.3 is 0 Å². The van der Waals surface area contributed by atoms with E-state index in [4.69, 9.17) is 0 Å². The molecule has 0 unspecified atom stereocenters. The van der Waals surface area contributed by atoms with Gasteiger partial charge in [-0.3, -0.25) is 14.9 Å². The number of carbonyl (C=O) groups excluding carboxylic acids is 1. The summed E-state index contributed by atoms with van der Waals surface area (Å²) in [5.74, 6) is -0.750. The maximum atomic E-state index is 13.1. The smallest absolute Gasteiger partial charge is 0.278 e. The number of thiazole rings is 1. The maximum absolute atomic E-state index is 13.1. The van der Waals surface area contributed by atoms with Crippen molar-refractivity contribution in [3.05, 3.63) is 75.8 Å². The Balaban J connectivity index is 1.64. The number of rotatable bonds is 7. The minimum Gasteiger partial charge on any atom is -0.296 e. The molecule has 0 bridgehead atoms. The van der Waals surface area contributed by atoms with Gasteiger partial charge in [-0.05, 0) is 36.8 Å². The van der Waals surface area contributed by atoms with Gasteiger partial charge in [-0.1, -0.05) is 38.0 Å². The summed E-state index contributed by atoms with van der Waals surface area (Å²) in [6, 6.07) is 13.0. The van der Waals surface area contributed by atoms with Gasteiger partial charge in [-0.2, -0.15) is 5.10 Å². The van der Waals surface area contributed by atoms with Crippen LogP contribution in [-0.4, -0.2) is 20.7 Å². The summed E-state index contributed by atoms with van der Waals surface area (Å²) in [4.78, 5) is 30.2. The molecule has 2 aromatic heterocycles. The first-order valence-corrected chi connectivity index (χ1v) is 11.0. The summed E-state index contributed by atoms with van der Waals surface area (Å²) in [6.45, 7) is 2.55. The van der Waals surface area contributed by atoms with Gasteiger partial charge in [0, 0.05) is 22.9 Å². The number of anilines is 1. The van der Waals surface area contributed by atoms with Crippen LogP contribution in [0.2, 0.25) is 0 Å². The molecule has 2 heterocycles. The lowest BCUT2D eigenvalue weighted by Crippen LogP contribution is -2.27. The van der Waals surface area contributed by atoms with Crippen LogP contribution in [0.1, 0.15) is 36.7 Å². The van der Waals surface area contributed by atoms with Gasteiger partial charge in [0.1, 0.15) is 5.82 Å². The number of halogens is 1. The third kappa shape index (κ3) is 4.54. The van der Waals surface area contributed by atoms with Crippen molar-refractivity contribution in [3.63, 3.8) is 0 Å². The van der Waals surface area contributed by atoms with Gasteiger partial charge in [0.15, 0.2) is 10.8 Å². The molecule has 0 saturated heterocycles. The van der Waals surface area contributed by atoms with Crippen molar-refractivity contribution in [2.45, 2.75) is 32.7 Å². The van der Waals surface area contributed by atoms with Crippen molar-refractivity contribution in [2.24, 2.45) is 0 Å². The maximum Gasteiger partial charge on any atom is 0.278 e. The molecule has 0 fully saturated rings. The first-order chi connectivity index (χ1) is 15.1. The van der Waals surface area contributed by atoms with Crippen LogP contribution in [-0.2, 0) is 6.54 Å². The summed E-state index contributed by atoms with van der Waals surface area (Å²) in [6.07, 6.45) is 2.82. The first kappa shape index (κ1) is 20.9. The largest absolute Gasteiger partial charge is 0.296 e. The van der Waals surface area contributed by atoms with Crippen LogP contribution in [0, 0.1) is 5.82 Å². The van der Waals surface area contributed by atoms with Gasteiger partial charge in [-0.15, -0.1) is 11.3 Å². The van der Waals surface area contributed by atoms with Crippen LogP contribution < -0.4 is 10.9 Å². The van der Waals surface area contributed by atoms with E-state index in [9.17, 15) is 14.0 Å². The lowest BCUT2D eigenvalue weighted by atomic mass is 10.1. The number of amides is 1. The van der Waals surface area contributed by atoms with E-state index in [-0.39, 0.29) is 17.1 Å². The number of nitrogens with zero attached hydrogens (tertiary/aromatic N) is 3. The average Bonchev–Trinajstić information content (AvgIpc) is 3.24. The number of aryl methyl sites for hydroxylation is 1. The Kier molecular flexibility index (Phi) is 6.18. The predicted octanol–water partition coefficient (Wildman–Crippen LogP) is 5.10. The molecule has 6 nitrogen and oxygen atoms in total. The lowest BCUT2D eigenvalue weighted by molar-refractivity contribution is 0.102. The Bertz CT molecular complexity index is 1280. The van der Waals surface area contributed by atoms with Crippen molar-refractivity contribution in [1.82, 2.24) is 14.8 Å². The van der Waals surface area contributed by atoms with Crippen molar-refractivity contribution in [1.29, 1.82) is 0 Å². The Labute approximate surface area is 182 Å². The van der Waals surface area contributed by atoms with E-state index in [0.29, 0.717) is 28.1 Å². The number of fused-ring (bicyclic) bond motifs is 1. The molecule has 0 atom stereocenters. The SMILES string of the molecule is CCCCCn1nc(C(=O)Nc2nc(-c3ccc(F)cc3)cs2)c2ccccc2c1=O. The zero-order chi connectivity index (χ0) is 21.8. The standard InChI is InChI=1S/C23H21FN4O2S/c1-2-3-6-13-28-22(30)18-8-5-4-7-17(18)20(27-28)21(29)26-23-25-19(14-31-23)15-9-11-16(24)12-10-15/h4-5,7-12,14H,2-3,6,13H2,1H3,(H,25,26,29). The zero-order valence-electron chi connectivity index (χ0n) is 17.0.